The van der Waals surface area contributed by atoms with Gasteiger partial charge < -0.3 is 20.1 Å². The van der Waals surface area contributed by atoms with Gasteiger partial charge in [-0.2, -0.15) is 0 Å². The molecular formula is C25H24Cl2N2O4S. The van der Waals surface area contributed by atoms with E-state index in [1.807, 2.05) is 25.1 Å². The van der Waals surface area contributed by atoms with Crippen molar-refractivity contribution in [1.29, 1.82) is 0 Å². The van der Waals surface area contributed by atoms with Crippen molar-refractivity contribution in [3.63, 3.8) is 0 Å². The normalized spacial score (nSPS) is 11.4. The van der Waals surface area contributed by atoms with Crippen LogP contribution >= 0.6 is 35.0 Å². The van der Waals surface area contributed by atoms with Crippen LogP contribution in [0, 0.1) is 0 Å². The first kappa shape index (κ1) is 25.7. The number of hydrogen-bond donors (Lipinski definition) is 2. The van der Waals surface area contributed by atoms with Crippen molar-refractivity contribution < 1.29 is 19.1 Å². The first-order valence-electron chi connectivity index (χ1n) is 10.4. The second-order valence-electron chi connectivity index (χ2n) is 7.18. The smallest absolute Gasteiger partial charge is 0.257 e. The van der Waals surface area contributed by atoms with Gasteiger partial charge in [-0.05, 0) is 55.0 Å². The minimum Gasteiger partial charge on any atom is -0.497 e. The number of rotatable bonds is 9. The van der Waals surface area contributed by atoms with Gasteiger partial charge in [0.05, 0.1) is 35.7 Å². The molecule has 0 heterocycles. The fourth-order valence-electron chi connectivity index (χ4n) is 3.12. The molecule has 0 bridgehead atoms. The Morgan fingerprint density at radius 1 is 0.971 bits per heavy atom. The van der Waals surface area contributed by atoms with Gasteiger partial charge in [-0.15, -0.1) is 11.8 Å². The quantitative estimate of drug-likeness (QED) is 0.305. The molecule has 0 aliphatic carbocycles. The Bertz CT molecular complexity index is 1190. The zero-order valence-electron chi connectivity index (χ0n) is 18.9. The number of amides is 2. The molecule has 0 aromatic heterocycles. The van der Waals surface area contributed by atoms with Crippen LogP contribution in [0.2, 0.25) is 10.0 Å². The summed E-state index contributed by atoms with van der Waals surface area (Å²) < 4.78 is 10.6. The lowest BCUT2D eigenvalue weighted by molar-refractivity contribution is -0.115. The summed E-state index contributed by atoms with van der Waals surface area (Å²) in [6, 6.07) is 17.2. The Hall–Kier alpha value is -2.87. The van der Waals surface area contributed by atoms with Crippen molar-refractivity contribution in [1.82, 2.24) is 0 Å². The zero-order chi connectivity index (χ0) is 24.7. The first-order valence-corrected chi connectivity index (χ1v) is 12.0. The number of carbonyl (C=O) groups excluding carboxylic acids is 2. The molecule has 0 aliphatic heterocycles. The van der Waals surface area contributed by atoms with Gasteiger partial charge in [-0.3, -0.25) is 9.59 Å². The van der Waals surface area contributed by atoms with Crippen LogP contribution in [-0.4, -0.2) is 31.3 Å². The maximum Gasteiger partial charge on any atom is 0.257 e. The lowest BCUT2D eigenvalue weighted by Gasteiger charge is -2.17. The number of methoxy groups -OCH3 is 2. The average Bonchev–Trinajstić information content (AvgIpc) is 2.82. The van der Waals surface area contributed by atoms with Crippen molar-refractivity contribution in [2.24, 2.45) is 0 Å². The molecule has 3 aromatic carbocycles. The molecule has 2 amide bonds. The second kappa shape index (κ2) is 12.0. The van der Waals surface area contributed by atoms with E-state index in [9.17, 15) is 9.59 Å². The van der Waals surface area contributed by atoms with Gasteiger partial charge in [0.25, 0.3) is 5.91 Å². The molecule has 0 spiro atoms. The molecule has 0 aliphatic rings. The third kappa shape index (κ3) is 6.59. The van der Waals surface area contributed by atoms with Crippen LogP contribution in [0.1, 0.15) is 23.7 Å². The van der Waals surface area contributed by atoms with Crippen molar-refractivity contribution >= 4 is 58.2 Å². The van der Waals surface area contributed by atoms with Crippen molar-refractivity contribution in [3.05, 3.63) is 76.3 Å². The second-order valence-corrected chi connectivity index (χ2v) is 9.30. The highest BCUT2D eigenvalue weighted by Crippen LogP contribution is 2.32. The predicted octanol–water partition coefficient (Wildman–Crippen LogP) is 6.77. The van der Waals surface area contributed by atoms with E-state index >= 15 is 0 Å². The summed E-state index contributed by atoms with van der Waals surface area (Å²) in [5.74, 6) is 0.645. The molecule has 1 unspecified atom stereocenters. The lowest BCUT2D eigenvalue weighted by atomic mass is 10.2. The van der Waals surface area contributed by atoms with Gasteiger partial charge in [-0.1, -0.05) is 36.2 Å². The van der Waals surface area contributed by atoms with Crippen molar-refractivity contribution in [2.75, 3.05) is 24.9 Å². The first-order chi connectivity index (χ1) is 16.3. The number of hydrogen-bond acceptors (Lipinski definition) is 5. The third-order valence-electron chi connectivity index (χ3n) is 4.88. The zero-order valence-corrected chi connectivity index (χ0v) is 21.2. The number of halogens is 2. The van der Waals surface area contributed by atoms with Gasteiger partial charge in [0.15, 0.2) is 0 Å². The van der Waals surface area contributed by atoms with E-state index in [2.05, 4.69) is 10.6 Å². The summed E-state index contributed by atoms with van der Waals surface area (Å²) in [4.78, 5) is 26.4. The van der Waals surface area contributed by atoms with Crippen LogP contribution in [0.4, 0.5) is 11.4 Å². The van der Waals surface area contributed by atoms with Crippen LogP contribution in [0.15, 0.2) is 65.6 Å². The van der Waals surface area contributed by atoms with E-state index in [1.54, 1.807) is 43.5 Å². The molecule has 0 radical (unpaired) electrons. The summed E-state index contributed by atoms with van der Waals surface area (Å²) in [6.45, 7) is 1.94. The molecule has 9 heteroatoms. The largest absolute Gasteiger partial charge is 0.497 e. The molecule has 6 nitrogen and oxygen atoms in total. The van der Waals surface area contributed by atoms with E-state index in [0.29, 0.717) is 39.9 Å². The summed E-state index contributed by atoms with van der Waals surface area (Å²) >= 11 is 13.5. The van der Waals surface area contributed by atoms with Crippen LogP contribution in [0.3, 0.4) is 0 Å². The number of carbonyl (C=O) groups is 2. The van der Waals surface area contributed by atoms with Crippen LogP contribution in [0.25, 0.3) is 0 Å². The Morgan fingerprint density at radius 3 is 2.44 bits per heavy atom. The van der Waals surface area contributed by atoms with Gasteiger partial charge >= 0.3 is 0 Å². The van der Waals surface area contributed by atoms with E-state index in [-0.39, 0.29) is 22.1 Å². The van der Waals surface area contributed by atoms with Gasteiger partial charge in [0.1, 0.15) is 11.5 Å². The number of benzene rings is 3. The van der Waals surface area contributed by atoms with E-state index in [1.165, 1.54) is 24.9 Å². The number of thioether (sulfide) groups is 1. The van der Waals surface area contributed by atoms with E-state index < -0.39 is 0 Å². The lowest BCUT2D eigenvalue weighted by Crippen LogP contribution is -2.24. The van der Waals surface area contributed by atoms with Crippen LogP contribution in [-0.2, 0) is 4.79 Å². The van der Waals surface area contributed by atoms with Crippen LogP contribution in [0.5, 0.6) is 11.5 Å². The topological polar surface area (TPSA) is 76.7 Å². The number of nitrogens with one attached hydrogen (secondary N) is 2. The monoisotopic (exact) mass is 518 g/mol. The fraction of sp³-hybridized carbons (Fsp3) is 0.200. The van der Waals surface area contributed by atoms with Gasteiger partial charge in [0.2, 0.25) is 5.91 Å². The molecule has 0 fully saturated rings. The predicted molar refractivity (Wildman–Crippen MR) is 139 cm³/mol. The maximum atomic E-state index is 13.0. The highest BCUT2D eigenvalue weighted by molar-refractivity contribution is 8.00. The molecular weight excluding hydrogens is 495 g/mol. The molecule has 1 atom stereocenters. The standard InChI is InChI=1S/C25H24Cl2N2O4S/c1-4-23(25(31)29-21-11-9-17(32-2)14-22(21)33-3)34-18-7-5-6-16(13-18)28-24(30)19-10-8-15(26)12-20(19)27/h5-14,23H,4H2,1-3H3,(H,28,30)(H,29,31). The van der Waals surface area contributed by atoms with E-state index in [0.717, 1.165) is 4.90 Å². The molecule has 0 saturated heterocycles. The third-order valence-corrected chi connectivity index (χ3v) is 6.78. The molecule has 2 N–H and O–H groups in total. The molecule has 3 rings (SSSR count). The fourth-order valence-corrected chi connectivity index (χ4v) is 4.63. The minimum atomic E-state index is -0.358. The van der Waals surface area contributed by atoms with Gasteiger partial charge in [0, 0.05) is 21.7 Å². The Labute approximate surface area is 212 Å². The molecule has 0 saturated carbocycles. The Morgan fingerprint density at radius 2 is 1.76 bits per heavy atom. The summed E-state index contributed by atoms with van der Waals surface area (Å²) in [6.07, 6.45) is 0.603. The summed E-state index contributed by atoms with van der Waals surface area (Å²) in [5, 5.41) is 6.13. The summed E-state index contributed by atoms with van der Waals surface area (Å²) in [5.41, 5.74) is 1.48. The number of anilines is 2. The van der Waals surface area contributed by atoms with Crippen molar-refractivity contribution in [2.45, 2.75) is 23.5 Å². The Balaban J connectivity index is 1.70. The number of ether oxygens (including phenoxy) is 2. The molecule has 3 aromatic rings. The maximum absolute atomic E-state index is 13.0. The van der Waals surface area contributed by atoms with Crippen molar-refractivity contribution in [3.8, 4) is 11.5 Å². The molecule has 34 heavy (non-hydrogen) atoms. The SMILES string of the molecule is CCC(Sc1cccc(NC(=O)c2ccc(Cl)cc2Cl)c1)C(=O)Nc1ccc(OC)cc1OC. The van der Waals surface area contributed by atoms with Gasteiger partial charge in [-0.25, -0.2) is 0 Å². The highest BCUT2D eigenvalue weighted by Gasteiger charge is 2.20. The van der Waals surface area contributed by atoms with E-state index in [4.69, 9.17) is 32.7 Å². The highest BCUT2D eigenvalue weighted by atomic mass is 35.5. The van der Waals surface area contributed by atoms with Crippen LogP contribution < -0.4 is 20.1 Å². The minimum absolute atomic E-state index is 0.154. The molecule has 178 valence electrons. The Kier molecular flexibility index (Phi) is 9.10. The summed E-state index contributed by atoms with van der Waals surface area (Å²) in [7, 11) is 3.10. The average molecular weight is 519 g/mol.